The van der Waals surface area contributed by atoms with Gasteiger partial charge in [0.2, 0.25) is 5.91 Å². The zero-order chi connectivity index (χ0) is 32.5. The number of H-pyrrole nitrogens is 1. The highest BCUT2D eigenvalue weighted by Gasteiger charge is 2.33. The number of hydrogen-bond donors (Lipinski definition) is 2. The predicted octanol–water partition coefficient (Wildman–Crippen LogP) is 5.53. The van der Waals surface area contributed by atoms with Crippen LogP contribution in [0.15, 0.2) is 59.7 Å². The first-order valence-electron chi connectivity index (χ1n) is 12.9. The summed E-state index contributed by atoms with van der Waals surface area (Å²) in [6.07, 6.45) is -3.66. The van der Waals surface area contributed by atoms with Crippen LogP contribution in [-0.4, -0.2) is 43.9 Å². The van der Waals surface area contributed by atoms with E-state index in [0.29, 0.717) is 6.07 Å². The van der Waals surface area contributed by atoms with Gasteiger partial charge in [-0.3, -0.25) is 19.0 Å². The Morgan fingerprint density at radius 3 is 2.43 bits per heavy atom. The van der Waals surface area contributed by atoms with E-state index in [9.17, 15) is 31.5 Å². The summed E-state index contributed by atoms with van der Waals surface area (Å²) in [6, 6.07) is 8.54. The van der Waals surface area contributed by atoms with Crippen LogP contribution in [0.5, 0.6) is 17.2 Å². The van der Waals surface area contributed by atoms with Gasteiger partial charge in [-0.2, -0.15) is 27.1 Å². The minimum atomic E-state index is -4.88. The molecule has 5 aromatic rings. The molecule has 0 aliphatic carbocycles. The maximum atomic E-state index is 15.4. The van der Waals surface area contributed by atoms with Gasteiger partial charge in [-0.15, -0.1) is 12.4 Å². The first kappa shape index (κ1) is 33.7. The van der Waals surface area contributed by atoms with Crippen LogP contribution >= 0.6 is 12.4 Å². The topological polar surface area (TPSA) is 125 Å². The average molecular weight is 673 g/mol. The van der Waals surface area contributed by atoms with Gasteiger partial charge in [-0.1, -0.05) is 0 Å². The Kier molecular flexibility index (Phi) is 9.84. The van der Waals surface area contributed by atoms with Crippen molar-refractivity contribution in [1.82, 2.24) is 24.3 Å². The standard InChI is InChI=1S/C28H22F6N6O5.ClH/c1-39-24-18(14-7-19(29)25(21(8-14)43-2)44-12-22-35-13-36-38-22)9-15(28(32,33)34)10-20(24)40(27(39)42)11-23(41)37-16-3-5-17(6-4-16)45-26(30)31;/h3-10,13,26H,11-12H2,1-2H3,(H,37,41)(H,35,36,38);1H. The fraction of sp³-hybridized carbons (Fsp3) is 0.214. The third kappa shape index (κ3) is 7.03. The third-order valence-corrected chi connectivity index (χ3v) is 6.58. The highest BCUT2D eigenvalue weighted by atomic mass is 35.5. The zero-order valence-corrected chi connectivity index (χ0v) is 24.5. The van der Waals surface area contributed by atoms with E-state index in [0.717, 1.165) is 21.3 Å². The molecule has 11 nitrogen and oxygen atoms in total. The molecule has 244 valence electrons. The normalized spacial score (nSPS) is 11.4. The molecule has 5 rings (SSSR count). The van der Waals surface area contributed by atoms with Crippen molar-refractivity contribution < 1.29 is 45.3 Å². The highest BCUT2D eigenvalue weighted by molar-refractivity contribution is 5.96. The summed E-state index contributed by atoms with van der Waals surface area (Å²) < 4.78 is 99.2. The molecule has 2 heterocycles. The van der Waals surface area contributed by atoms with Gasteiger partial charge < -0.3 is 19.5 Å². The molecule has 0 aliphatic rings. The van der Waals surface area contributed by atoms with Crippen molar-refractivity contribution >= 4 is 35.0 Å². The number of imidazole rings is 1. The maximum Gasteiger partial charge on any atom is 0.416 e. The Hall–Kier alpha value is -5.19. The van der Waals surface area contributed by atoms with Crippen molar-refractivity contribution in [1.29, 1.82) is 0 Å². The highest BCUT2D eigenvalue weighted by Crippen LogP contribution is 2.41. The lowest BCUT2D eigenvalue weighted by atomic mass is 9.99. The number of amides is 1. The van der Waals surface area contributed by atoms with Gasteiger partial charge in [0, 0.05) is 18.3 Å². The zero-order valence-electron chi connectivity index (χ0n) is 23.7. The number of aromatic nitrogens is 5. The Balaban J connectivity index is 0.00000480. The van der Waals surface area contributed by atoms with E-state index in [2.05, 4.69) is 25.2 Å². The SMILES string of the molecule is COc1cc(-c2cc(C(F)(F)F)cc3c2n(C)c(=O)n3CC(=O)Nc2ccc(OC(F)F)cc2)cc(F)c1OCc1ncn[nH]1.Cl. The van der Waals surface area contributed by atoms with E-state index in [1.165, 1.54) is 50.8 Å². The lowest BCUT2D eigenvalue weighted by Crippen LogP contribution is -2.28. The first-order chi connectivity index (χ1) is 21.3. The number of benzene rings is 3. The molecule has 1 amide bonds. The lowest BCUT2D eigenvalue weighted by Gasteiger charge is -2.15. The van der Waals surface area contributed by atoms with Crippen LogP contribution in [0.1, 0.15) is 11.4 Å². The molecule has 0 unspecified atom stereocenters. The quantitative estimate of drug-likeness (QED) is 0.187. The van der Waals surface area contributed by atoms with Gasteiger partial charge >= 0.3 is 18.5 Å². The molecule has 0 radical (unpaired) electrons. The Morgan fingerprint density at radius 2 is 1.83 bits per heavy atom. The summed E-state index contributed by atoms with van der Waals surface area (Å²) in [4.78, 5) is 30.0. The molecule has 0 bridgehead atoms. The van der Waals surface area contributed by atoms with Crippen LogP contribution in [0.25, 0.3) is 22.2 Å². The van der Waals surface area contributed by atoms with Crippen LogP contribution in [0.3, 0.4) is 0 Å². The number of carbonyl (C=O) groups excluding carboxylic acids is 1. The van der Waals surface area contributed by atoms with Gasteiger partial charge in [0.1, 0.15) is 25.2 Å². The summed E-state index contributed by atoms with van der Waals surface area (Å²) in [6.45, 7) is -3.98. The smallest absolute Gasteiger partial charge is 0.416 e. The molecule has 18 heteroatoms. The molecule has 0 aliphatic heterocycles. The largest absolute Gasteiger partial charge is 0.493 e. The summed E-state index contributed by atoms with van der Waals surface area (Å²) in [7, 11) is 2.51. The number of anilines is 1. The number of aryl methyl sites for hydroxylation is 1. The van der Waals surface area contributed by atoms with Gasteiger partial charge in [0.25, 0.3) is 0 Å². The van der Waals surface area contributed by atoms with Crippen molar-refractivity contribution in [2.45, 2.75) is 25.9 Å². The Labute approximate surface area is 261 Å². The maximum absolute atomic E-state index is 15.4. The lowest BCUT2D eigenvalue weighted by molar-refractivity contribution is -0.137. The fourth-order valence-electron chi connectivity index (χ4n) is 4.61. The summed E-state index contributed by atoms with van der Waals surface area (Å²) in [5.74, 6) is -2.14. The first-order valence-corrected chi connectivity index (χ1v) is 12.9. The van der Waals surface area contributed by atoms with E-state index < -0.39 is 42.3 Å². The molecule has 0 saturated heterocycles. The van der Waals surface area contributed by atoms with Crippen LogP contribution in [0.2, 0.25) is 0 Å². The summed E-state index contributed by atoms with van der Waals surface area (Å²) in [5, 5.41) is 8.65. The van der Waals surface area contributed by atoms with Crippen LogP contribution < -0.4 is 25.2 Å². The number of halogens is 7. The number of carbonyl (C=O) groups is 1. The van der Waals surface area contributed by atoms with Gasteiger partial charge in [-0.25, -0.2) is 14.2 Å². The van der Waals surface area contributed by atoms with Crippen molar-refractivity contribution in [3.63, 3.8) is 0 Å². The number of rotatable bonds is 10. The van der Waals surface area contributed by atoms with Crippen molar-refractivity contribution in [3.8, 4) is 28.4 Å². The molecule has 0 saturated carbocycles. The Morgan fingerprint density at radius 1 is 1.11 bits per heavy atom. The molecular formula is C28H23ClF6N6O5. The average Bonchev–Trinajstić information content (AvgIpc) is 3.59. The van der Waals surface area contributed by atoms with Crippen molar-refractivity contribution in [2.24, 2.45) is 7.05 Å². The van der Waals surface area contributed by atoms with Crippen molar-refractivity contribution in [3.05, 3.63) is 82.5 Å². The van der Waals surface area contributed by atoms with E-state index in [1.54, 1.807) is 0 Å². The van der Waals surface area contributed by atoms with Crippen molar-refractivity contribution in [2.75, 3.05) is 12.4 Å². The number of methoxy groups -OCH3 is 1. The number of nitrogens with one attached hydrogen (secondary N) is 2. The number of aromatic amines is 1. The molecule has 2 aromatic heterocycles. The number of alkyl halides is 5. The predicted molar refractivity (Wildman–Crippen MR) is 154 cm³/mol. The van der Waals surface area contributed by atoms with E-state index in [-0.39, 0.29) is 69.9 Å². The third-order valence-electron chi connectivity index (χ3n) is 6.58. The van der Waals surface area contributed by atoms with E-state index >= 15 is 4.39 Å². The summed E-state index contributed by atoms with van der Waals surface area (Å²) in [5.41, 5.74) is -2.37. The second-order valence-electron chi connectivity index (χ2n) is 9.48. The van der Waals surface area contributed by atoms with Gasteiger partial charge in [0.15, 0.2) is 23.1 Å². The molecule has 0 spiro atoms. The monoisotopic (exact) mass is 672 g/mol. The number of nitrogens with zero attached hydrogens (tertiary/aromatic N) is 4. The number of ether oxygens (including phenoxy) is 3. The van der Waals surface area contributed by atoms with Gasteiger partial charge in [-0.05, 0) is 54.1 Å². The number of fused-ring (bicyclic) bond motifs is 1. The van der Waals surface area contributed by atoms with Gasteiger partial charge in [0.05, 0.1) is 23.7 Å². The molecular weight excluding hydrogens is 650 g/mol. The molecule has 46 heavy (non-hydrogen) atoms. The second-order valence-corrected chi connectivity index (χ2v) is 9.48. The fourth-order valence-corrected chi connectivity index (χ4v) is 4.61. The van der Waals surface area contributed by atoms with E-state index in [4.69, 9.17) is 9.47 Å². The Bertz CT molecular complexity index is 1910. The minimum absolute atomic E-state index is 0. The van der Waals surface area contributed by atoms with Crippen LogP contribution in [0.4, 0.5) is 32.0 Å². The molecule has 0 fully saturated rings. The number of hydrogen-bond acceptors (Lipinski definition) is 7. The van der Waals surface area contributed by atoms with Crippen LogP contribution in [0, 0.1) is 5.82 Å². The molecule has 0 atom stereocenters. The molecule has 2 N–H and O–H groups in total. The van der Waals surface area contributed by atoms with E-state index in [1.807, 2.05) is 0 Å². The summed E-state index contributed by atoms with van der Waals surface area (Å²) >= 11 is 0. The second kappa shape index (κ2) is 13.4. The van der Waals surface area contributed by atoms with Crippen LogP contribution in [-0.2, 0) is 31.2 Å². The minimum Gasteiger partial charge on any atom is -0.493 e. The molecule has 3 aromatic carbocycles.